The molecule has 4 aliphatic rings. The third-order valence-electron chi connectivity index (χ3n) is 9.76. The summed E-state index contributed by atoms with van der Waals surface area (Å²) < 4.78 is 0. The van der Waals surface area contributed by atoms with Crippen molar-refractivity contribution in [2.24, 2.45) is 35.3 Å². The van der Waals surface area contributed by atoms with E-state index >= 15 is 0 Å². The predicted octanol–water partition coefficient (Wildman–Crippen LogP) is 0.739. The van der Waals surface area contributed by atoms with Gasteiger partial charge in [0.1, 0.15) is 5.75 Å². The zero-order valence-corrected chi connectivity index (χ0v) is 22.2. The fourth-order valence-corrected chi connectivity index (χ4v) is 8.00. The molecule has 2 unspecified atom stereocenters. The lowest BCUT2D eigenvalue weighted by Gasteiger charge is -2.56. The van der Waals surface area contributed by atoms with E-state index in [0.29, 0.717) is 17.9 Å². The molecule has 1 amide bonds. The van der Waals surface area contributed by atoms with Gasteiger partial charge in [-0.1, -0.05) is 44.2 Å². The summed E-state index contributed by atoms with van der Waals surface area (Å²) in [6, 6.07) is 3.28. The lowest BCUT2D eigenvalue weighted by atomic mass is 9.49. The van der Waals surface area contributed by atoms with Crippen molar-refractivity contribution in [1.29, 1.82) is 0 Å². The number of aliphatic hydroxyl groups is 2. The molecule has 0 radical (unpaired) electrons. The van der Waals surface area contributed by atoms with Gasteiger partial charge in [-0.2, -0.15) is 0 Å². The zero-order chi connectivity index (χ0) is 28.4. The van der Waals surface area contributed by atoms with Gasteiger partial charge in [0.15, 0.2) is 34.7 Å². The first-order valence-electron chi connectivity index (χ1n) is 13.8. The number of nitrogens with two attached hydrogens (primary N) is 1. The molecule has 0 aliphatic heterocycles. The van der Waals surface area contributed by atoms with E-state index in [0.717, 1.165) is 32.1 Å². The molecule has 0 bridgehead atoms. The number of nitrogens with zero attached hydrogens (tertiary/aromatic N) is 1. The molecule has 0 heterocycles. The topological polar surface area (TPSA) is 175 Å². The van der Waals surface area contributed by atoms with Gasteiger partial charge in [0.2, 0.25) is 5.91 Å². The molecule has 210 valence electrons. The lowest BCUT2D eigenvalue weighted by Crippen LogP contribution is -2.77. The fraction of sp³-hybridized carbons (Fsp3) is 0.621. The quantitative estimate of drug-likeness (QED) is 0.393. The minimum absolute atomic E-state index is 0.0510. The van der Waals surface area contributed by atoms with Crippen LogP contribution in [0.5, 0.6) is 5.75 Å². The maximum Gasteiger partial charge on any atom is 0.235 e. The Kier molecular flexibility index (Phi) is 7.01. The molecule has 0 saturated heterocycles. The number of phenols is 1. The molecule has 0 spiro atoms. The van der Waals surface area contributed by atoms with Crippen LogP contribution in [0.15, 0.2) is 18.2 Å². The molecular weight excluding hydrogens is 504 g/mol. The van der Waals surface area contributed by atoms with Crippen molar-refractivity contribution in [2.75, 3.05) is 14.1 Å². The van der Waals surface area contributed by atoms with E-state index < -0.39 is 76.4 Å². The molecule has 5 rings (SSSR count). The number of amides is 1. The van der Waals surface area contributed by atoms with Crippen molar-refractivity contribution in [1.82, 2.24) is 4.90 Å². The summed E-state index contributed by atoms with van der Waals surface area (Å²) in [6.45, 7) is 0. The summed E-state index contributed by atoms with van der Waals surface area (Å²) in [5.74, 6) is -12.3. The number of rotatable bonds is 5. The second kappa shape index (κ2) is 9.91. The Balaban J connectivity index is 1.65. The molecule has 0 aromatic heterocycles. The van der Waals surface area contributed by atoms with Crippen LogP contribution in [0.1, 0.15) is 66.8 Å². The van der Waals surface area contributed by atoms with Gasteiger partial charge in [-0.05, 0) is 50.4 Å². The third-order valence-corrected chi connectivity index (χ3v) is 9.76. The van der Waals surface area contributed by atoms with Crippen molar-refractivity contribution >= 4 is 29.0 Å². The first kappa shape index (κ1) is 27.6. The van der Waals surface area contributed by atoms with Crippen LogP contribution in [0.4, 0.5) is 0 Å². The number of phenolic OH excluding ortho intramolecular Hbond substituents is 1. The number of hydrogen-bond acceptors (Lipinski definition) is 9. The smallest absolute Gasteiger partial charge is 0.235 e. The SMILES string of the molecule is CN(C)[C@H]1C(=O)C(C(N)=O)C(=O)[C@]2(O)C(=O)C3C(=O)c4c(O)cccc4[C@@H](CCC4CCCCC4)[C@@H]3[C@@H](O)[C@H]12. The molecule has 3 saturated carbocycles. The van der Waals surface area contributed by atoms with Crippen LogP contribution in [0.3, 0.4) is 0 Å². The van der Waals surface area contributed by atoms with E-state index in [2.05, 4.69) is 0 Å². The Bertz CT molecular complexity index is 1240. The second-order valence-electron chi connectivity index (χ2n) is 12.0. The Hall–Kier alpha value is -2.95. The van der Waals surface area contributed by atoms with E-state index in [4.69, 9.17) is 5.73 Å². The maximum absolute atomic E-state index is 14.1. The van der Waals surface area contributed by atoms with Gasteiger partial charge in [-0.25, -0.2) is 0 Å². The highest BCUT2D eigenvalue weighted by Gasteiger charge is 2.73. The van der Waals surface area contributed by atoms with Crippen LogP contribution < -0.4 is 5.73 Å². The van der Waals surface area contributed by atoms with Gasteiger partial charge in [0.25, 0.3) is 0 Å². The number of primary amides is 1. The monoisotopic (exact) mass is 540 g/mol. The third kappa shape index (κ3) is 3.98. The Morgan fingerprint density at radius 1 is 1.05 bits per heavy atom. The molecule has 5 N–H and O–H groups in total. The van der Waals surface area contributed by atoms with Crippen LogP contribution in [0.2, 0.25) is 0 Å². The minimum Gasteiger partial charge on any atom is -0.507 e. The number of Topliss-reactive ketones (excluding diaryl/α,β-unsaturated/α-hetero) is 4. The summed E-state index contributed by atoms with van der Waals surface area (Å²) in [7, 11) is 2.97. The van der Waals surface area contributed by atoms with E-state index in [1.165, 1.54) is 31.5 Å². The molecule has 10 heteroatoms. The second-order valence-corrected chi connectivity index (χ2v) is 12.0. The largest absolute Gasteiger partial charge is 0.507 e. The molecule has 39 heavy (non-hydrogen) atoms. The Morgan fingerprint density at radius 2 is 1.72 bits per heavy atom. The maximum atomic E-state index is 14.1. The number of fused-ring (bicyclic) bond motifs is 3. The van der Waals surface area contributed by atoms with Crippen LogP contribution in [0, 0.1) is 29.6 Å². The van der Waals surface area contributed by atoms with Gasteiger partial charge < -0.3 is 21.1 Å². The predicted molar refractivity (Wildman–Crippen MR) is 138 cm³/mol. The van der Waals surface area contributed by atoms with Crippen LogP contribution in [-0.4, -0.2) is 81.1 Å². The van der Waals surface area contributed by atoms with Gasteiger partial charge >= 0.3 is 0 Å². The van der Waals surface area contributed by atoms with E-state index in [9.17, 15) is 39.3 Å². The van der Waals surface area contributed by atoms with Crippen molar-refractivity contribution < 1.29 is 39.3 Å². The van der Waals surface area contributed by atoms with Crippen LogP contribution >= 0.6 is 0 Å². The molecule has 1 aromatic carbocycles. The van der Waals surface area contributed by atoms with Gasteiger partial charge in [-0.3, -0.25) is 28.9 Å². The summed E-state index contributed by atoms with van der Waals surface area (Å²) in [4.78, 5) is 68.3. The van der Waals surface area contributed by atoms with Gasteiger partial charge in [-0.15, -0.1) is 0 Å². The number of carbonyl (C=O) groups is 5. The Labute approximate surface area is 226 Å². The lowest BCUT2D eigenvalue weighted by molar-refractivity contribution is -0.197. The number of carbonyl (C=O) groups excluding carboxylic acids is 5. The number of hydrogen-bond donors (Lipinski definition) is 4. The highest BCUT2D eigenvalue weighted by molar-refractivity contribution is 6.32. The average Bonchev–Trinajstić information content (AvgIpc) is 2.88. The van der Waals surface area contributed by atoms with E-state index in [-0.39, 0.29) is 11.3 Å². The van der Waals surface area contributed by atoms with Crippen molar-refractivity contribution in [3.05, 3.63) is 29.3 Å². The van der Waals surface area contributed by atoms with Crippen LogP contribution in [-0.2, 0) is 19.2 Å². The van der Waals surface area contributed by atoms with Gasteiger partial charge in [0, 0.05) is 5.92 Å². The molecule has 10 nitrogen and oxygen atoms in total. The number of likely N-dealkylation sites (N-methyl/N-ethyl adjacent to an activating group) is 1. The number of benzene rings is 1. The normalized spacial score (nSPS) is 36.9. The van der Waals surface area contributed by atoms with Crippen LogP contribution in [0.25, 0.3) is 0 Å². The highest BCUT2D eigenvalue weighted by Crippen LogP contribution is 2.55. The minimum atomic E-state index is -2.98. The summed E-state index contributed by atoms with van der Waals surface area (Å²) in [5, 5.41) is 34.4. The molecule has 8 atom stereocenters. The fourth-order valence-electron chi connectivity index (χ4n) is 8.00. The number of aromatic hydroxyl groups is 1. The summed E-state index contributed by atoms with van der Waals surface area (Å²) >= 11 is 0. The average molecular weight is 541 g/mol. The number of ketones is 4. The zero-order valence-electron chi connectivity index (χ0n) is 22.2. The highest BCUT2D eigenvalue weighted by atomic mass is 16.3. The van der Waals surface area contributed by atoms with E-state index in [1.807, 2.05) is 0 Å². The van der Waals surface area contributed by atoms with Crippen molar-refractivity contribution in [2.45, 2.75) is 68.6 Å². The first-order chi connectivity index (χ1) is 18.4. The van der Waals surface area contributed by atoms with E-state index in [1.54, 1.807) is 12.1 Å². The Morgan fingerprint density at radius 3 is 2.33 bits per heavy atom. The summed E-state index contributed by atoms with van der Waals surface area (Å²) in [6.07, 6.45) is 5.27. The number of aliphatic hydroxyl groups excluding tert-OH is 1. The molecule has 4 aliphatic carbocycles. The first-order valence-corrected chi connectivity index (χ1v) is 13.8. The molecule has 3 fully saturated rings. The van der Waals surface area contributed by atoms with Crippen molar-refractivity contribution in [3.63, 3.8) is 0 Å². The molecule has 1 aromatic rings. The van der Waals surface area contributed by atoms with Crippen molar-refractivity contribution in [3.8, 4) is 5.75 Å². The summed E-state index contributed by atoms with van der Waals surface area (Å²) in [5.41, 5.74) is 2.85. The van der Waals surface area contributed by atoms with Gasteiger partial charge in [0.05, 0.1) is 29.5 Å². The standard InChI is InChI=1S/C29H36N2O8/c1-31(2)22-21-24(34)18-15(12-11-13-7-4-3-5-8-13)14-9-6-10-16(32)17(14)23(33)19(18)26(36)29(21,39)27(37)20(25(22)35)28(30)38/h6,9-10,13,15,18-22,24,32,34,39H,3-5,7-8,11-12H2,1-2H3,(H2,30,38)/t15-,18+,19?,20?,21+,22-,24-,29-/m1/s1. The molecular formula is C29H36N2O8.